The van der Waals surface area contributed by atoms with Crippen molar-refractivity contribution < 1.29 is 22.7 Å². The standard InChI is InChI=1S/C25H23N5O5S/c1-34-14-5-7-19-17(9-14)25(24(31)27-19)11-18(25)13-4-6-16-20(8-13)29-30-22(16)28-23-21(35-2)10-15(12-26-23)36(3,32)33/h4-10,12,18H,11H2,1-3H3,(H,27,31)(H2,26,28,29,30)/t18-,25-/m0/s1. The number of pyridine rings is 1. The van der Waals surface area contributed by atoms with Crippen molar-refractivity contribution >= 4 is 44.0 Å². The number of ether oxygens (including phenoxy) is 2. The molecule has 0 bridgehead atoms. The topological polar surface area (TPSA) is 135 Å². The fourth-order valence-electron chi connectivity index (χ4n) is 5.04. The van der Waals surface area contributed by atoms with Crippen molar-refractivity contribution in [2.45, 2.75) is 22.6 Å². The number of H-pyrrole nitrogens is 1. The lowest BCUT2D eigenvalue weighted by molar-refractivity contribution is -0.118. The Bertz CT molecular complexity index is 1660. The Kier molecular flexibility index (Phi) is 4.77. The lowest BCUT2D eigenvalue weighted by atomic mass is 9.91. The van der Waals surface area contributed by atoms with E-state index < -0.39 is 15.3 Å². The van der Waals surface area contributed by atoms with E-state index >= 15 is 0 Å². The van der Waals surface area contributed by atoms with Crippen molar-refractivity contribution in [2.24, 2.45) is 0 Å². The van der Waals surface area contributed by atoms with Gasteiger partial charge in [-0.25, -0.2) is 13.4 Å². The van der Waals surface area contributed by atoms with Crippen LogP contribution in [0.1, 0.15) is 23.5 Å². The highest BCUT2D eigenvalue weighted by atomic mass is 32.2. The van der Waals surface area contributed by atoms with Crippen molar-refractivity contribution in [2.75, 3.05) is 31.1 Å². The van der Waals surface area contributed by atoms with Crippen molar-refractivity contribution in [3.63, 3.8) is 0 Å². The van der Waals surface area contributed by atoms with E-state index in [4.69, 9.17) is 9.47 Å². The molecule has 3 heterocycles. The van der Waals surface area contributed by atoms with Gasteiger partial charge in [-0.3, -0.25) is 9.89 Å². The molecule has 1 aliphatic heterocycles. The first-order valence-electron chi connectivity index (χ1n) is 11.2. The smallest absolute Gasteiger partial charge is 0.235 e. The molecule has 3 N–H and O–H groups in total. The largest absolute Gasteiger partial charge is 0.497 e. The van der Waals surface area contributed by atoms with Gasteiger partial charge < -0.3 is 20.1 Å². The third-order valence-electron chi connectivity index (χ3n) is 7.02. The second-order valence-electron chi connectivity index (χ2n) is 9.09. The number of aromatic amines is 1. The van der Waals surface area contributed by atoms with Gasteiger partial charge in [-0.2, -0.15) is 5.10 Å². The molecule has 0 saturated heterocycles. The molecule has 2 atom stereocenters. The van der Waals surface area contributed by atoms with Gasteiger partial charge in [0.2, 0.25) is 5.91 Å². The number of amides is 1. The van der Waals surface area contributed by atoms with Gasteiger partial charge in [0.25, 0.3) is 0 Å². The number of methoxy groups -OCH3 is 2. The van der Waals surface area contributed by atoms with Gasteiger partial charge in [0.1, 0.15) is 5.75 Å². The number of aromatic nitrogens is 3. The summed E-state index contributed by atoms with van der Waals surface area (Å²) in [5.74, 6) is 1.93. The SMILES string of the molecule is COc1ccc2c(c1)[C@]1(C[C@H]1c1ccc3c(Nc4ncc(S(C)(=O)=O)cc4OC)n[nH]c3c1)C(=O)N2. The van der Waals surface area contributed by atoms with E-state index in [0.29, 0.717) is 11.6 Å². The van der Waals surface area contributed by atoms with Crippen LogP contribution in [-0.2, 0) is 20.0 Å². The van der Waals surface area contributed by atoms with Crippen LogP contribution in [0.15, 0.2) is 53.6 Å². The number of carbonyl (C=O) groups excluding carboxylic acids is 1. The molecule has 1 aliphatic carbocycles. The van der Waals surface area contributed by atoms with Crippen LogP contribution in [0.2, 0.25) is 0 Å². The maximum Gasteiger partial charge on any atom is 0.235 e. The maximum atomic E-state index is 13.0. The molecule has 0 radical (unpaired) electrons. The zero-order valence-electron chi connectivity index (χ0n) is 19.7. The summed E-state index contributed by atoms with van der Waals surface area (Å²) in [7, 11) is -0.357. The van der Waals surface area contributed by atoms with Crippen molar-refractivity contribution in [3.05, 3.63) is 59.8 Å². The lowest BCUT2D eigenvalue weighted by Crippen LogP contribution is -2.21. The number of carbonyl (C=O) groups is 1. The first-order chi connectivity index (χ1) is 17.2. The number of hydrogen-bond donors (Lipinski definition) is 3. The number of nitrogens with one attached hydrogen (secondary N) is 3. The molecular weight excluding hydrogens is 482 g/mol. The molecule has 2 aromatic carbocycles. The van der Waals surface area contributed by atoms with Crippen LogP contribution in [0, 0.1) is 0 Å². The van der Waals surface area contributed by atoms with Crippen molar-refractivity contribution in [1.82, 2.24) is 15.2 Å². The molecule has 1 saturated carbocycles. The molecular formula is C25H23N5O5S. The third kappa shape index (κ3) is 3.30. The molecule has 184 valence electrons. The quantitative estimate of drug-likeness (QED) is 0.362. The highest BCUT2D eigenvalue weighted by Gasteiger charge is 2.65. The molecule has 4 aromatic rings. The molecule has 36 heavy (non-hydrogen) atoms. The predicted octanol–water partition coefficient (Wildman–Crippen LogP) is 3.50. The Morgan fingerprint density at radius 3 is 2.67 bits per heavy atom. The molecule has 1 amide bonds. The van der Waals surface area contributed by atoms with E-state index in [2.05, 4.69) is 25.8 Å². The number of rotatable bonds is 6. The lowest BCUT2D eigenvalue weighted by Gasteiger charge is -2.11. The molecule has 2 aliphatic rings. The molecule has 1 fully saturated rings. The molecule has 6 rings (SSSR count). The summed E-state index contributed by atoms with van der Waals surface area (Å²) in [6.07, 6.45) is 3.11. The Morgan fingerprint density at radius 2 is 1.92 bits per heavy atom. The van der Waals surface area contributed by atoms with Crippen LogP contribution in [0.4, 0.5) is 17.3 Å². The Morgan fingerprint density at radius 1 is 1.08 bits per heavy atom. The summed E-state index contributed by atoms with van der Waals surface area (Å²) in [5.41, 5.74) is 3.06. The predicted molar refractivity (Wildman–Crippen MR) is 134 cm³/mol. The van der Waals surface area contributed by atoms with E-state index in [-0.39, 0.29) is 22.5 Å². The van der Waals surface area contributed by atoms with Crippen LogP contribution in [0.25, 0.3) is 10.9 Å². The fraction of sp³-hybridized carbons (Fsp3) is 0.240. The van der Waals surface area contributed by atoms with E-state index in [9.17, 15) is 13.2 Å². The summed E-state index contributed by atoms with van der Waals surface area (Å²) in [4.78, 5) is 17.3. The number of sulfone groups is 1. The molecule has 1 spiro atoms. The van der Waals surface area contributed by atoms with Gasteiger partial charge >= 0.3 is 0 Å². The Labute approximate surface area is 207 Å². The number of fused-ring (bicyclic) bond motifs is 3. The summed E-state index contributed by atoms with van der Waals surface area (Å²) >= 11 is 0. The molecule has 10 nitrogen and oxygen atoms in total. The van der Waals surface area contributed by atoms with Crippen LogP contribution < -0.4 is 20.1 Å². The van der Waals surface area contributed by atoms with Crippen LogP contribution in [0.5, 0.6) is 11.5 Å². The maximum absolute atomic E-state index is 13.0. The van der Waals surface area contributed by atoms with E-state index in [1.54, 1.807) is 7.11 Å². The van der Waals surface area contributed by atoms with Gasteiger partial charge in [-0.1, -0.05) is 6.07 Å². The highest BCUT2D eigenvalue weighted by molar-refractivity contribution is 7.90. The number of anilines is 3. The summed E-state index contributed by atoms with van der Waals surface area (Å²) in [5, 5.41) is 14.4. The number of benzene rings is 2. The first-order valence-corrected chi connectivity index (χ1v) is 13.1. The van der Waals surface area contributed by atoms with E-state index in [1.165, 1.54) is 19.4 Å². The summed E-state index contributed by atoms with van der Waals surface area (Å²) in [6, 6.07) is 13.1. The highest BCUT2D eigenvalue weighted by Crippen LogP contribution is 2.65. The summed E-state index contributed by atoms with van der Waals surface area (Å²) < 4.78 is 34.4. The van der Waals surface area contributed by atoms with Gasteiger partial charge in [0.15, 0.2) is 27.2 Å². The molecule has 0 unspecified atom stereocenters. The fourth-order valence-corrected chi connectivity index (χ4v) is 5.60. The average molecular weight is 506 g/mol. The molecule has 2 aromatic heterocycles. The van der Waals surface area contributed by atoms with Crippen LogP contribution in [0.3, 0.4) is 0 Å². The first kappa shape index (κ1) is 22.4. The van der Waals surface area contributed by atoms with Crippen molar-refractivity contribution in [3.8, 4) is 11.5 Å². The normalized spacial score (nSPS) is 20.3. The van der Waals surface area contributed by atoms with Gasteiger partial charge in [-0.15, -0.1) is 0 Å². The summed E-state index contributed by atoms with van der Waals surface area (Å²) in [6.45, 7) is 0. The van der Waals surface area contributed by atoms with E-state index in [1.807, 2.05) is 36.4 Å². The third-order valence-corrected chi connectivity index (χ3v) is 8.10. The second-order valence-corrected chi connectivity index (χ2v) is 11.1. The van der Waals surface area contributed by atoms with Gasteiger partial charge in [0.05, 0.1) is 30.0 Å². The van der Waals surface area contributed by atoms with Crippen molar-refractivity contribution in [1.29, 1.82) is 0 Å². The minimum atomic E-state index is -3.42. The van der Waals surface area contributed by atoms with Gasteiger partial charge in [-0.05, 0) is 47.9 Å². The van der Waals surface area contributed by atoms with Crippen LogP contribution in [-0.4, -0.2) is 50.0 Å². The van der Waals surface area contributed by atoms with Gasteiger partial charge in [0, 0.05) is 35.5 Å². The van der Waals surface area contributed by atoms with Crippen LogP contribution >= 0.6 is 0 Å². The Hall–Kier alpha value is -4.12. The zero-order valence-corrected chi connectivity index (χ0v) is 20.6. The second kappa shape index (κ2) is 7.69. The van der Waals surface area contributed by atoms with E-state index in [0.717, 1.165) is 46.1 Å². The number of hydrogen-bond acceptors (Lipinski definition) is 8. The number of nitrogens with zero attached hydrogens (tertiary/aromatic N) is 2. The monoisotopic (exact) mass is 505 g/mol. The molecule has 11 heteroatoms. The minimum absolute atomic E-state index is 0.0125. The average Bonchev–Trinajstić information content (AvgIpc) is 3.42. The zero-order chi connectivity index (χ0) is 25.2. The minimum Gasteiger partial charge on any atom is -0.497 e. The Balaban J connectivity index is 1.30.